The minimum Gasteiger partial charge on any atom is -0.367 e. The zero-order valence-electron chi connectivity index (χ0n) is 8.19. The number of hydrogen-bond acceptors (Lipinski definition) is 4. The second-order valence-electron chi connectivity index (χ2n) is 3.55. The Morgan fingerprint density at radius 2 is 2.20 bits per heavy atom. The summed E-state index contributed by atoms with van der Waals surface area (Å²) in [4.78, 5) is 4.41. The number of pyridine rings is 1. The summed E-state index contributed by atoms with van der Waals surface area (Å²) in [5.74, 6) is 0.320. The normalized spacial score (nSPS) is 11.3. The van der Waals surface area contributed by atoms with E-state index in [4.69, 9.17) is 10.3 Å². The number of nitrogen functional groups attached to an aromatic ring is 1. The van der Waals surface area contributed by atoms with Gasteiger partial charge in [-0.15, -0.1) is 0 Å². The van der Waals surface area contributed by atoms with Gasteiger partial charge in [-0.1, -0.05) is 23.4 Å². The number of anilines is 1. The van der Waals surface area contributed by atoms with E-state index in [-0.39, 0.29) is 0 Å². The third-order valence-corrected chi connectivity index (χ3v) is 2.52. The number of nitrogens with two attached hydrogens (primary N) is 1. The lowest BCUT2D eigenvalue weighted by atomic mass is 10.1. The molecule has 0 radical (unpaired) electrons. The molecule has 0 unspecified atom stereocenters. The quantitative estimate of drug-likeness (QED) is 0.603. The van der Waals surface area contributed by atoms with E-state index < -0.39 is 0 Å². The molecule has 0 aliphatic carbocycles. The number of fused-ring (bicyclic) bond motifs is 2. The first kappa shape index (κ1) is 8.23. The molecule has 4 heteroatoms. The molecular formula is C11H9N3O. The van der Waals surface area contributed by atoms with Gasteiger partial charge in [0.15, 0.2) is 0 Å². The van der Waals surface area contributed by atoms with Crippen LogP contribution in [0.3, 0.4) is 0 Å². The number of aromatic nitrogens is 2. The van der Waals surface area contributed by atoms with Crippen molar-refractivity contribution in [2.45, 2.75) is 6.92 Å². The highest BCUT2D eigenvalue weighted by atomic mass is 16.5. The van der Waals surface area contributed by atoms with Gasteiger partial charge < -0.3 is 10.3 Å². The minimum absolute atomic E-state index is 0.320. The van der Waals surface area contributed by atoms with Crippen molar-refractivity contribution in [3.63, 3.8) is 0 Å². The summed E-state index contributed by atoms with van der Waals surface area (Å²) >= 11 is 0. The molecule has 0 saturated heterocycles. The second-order valence-corrected chi connectivity index (χ2v) is 3.55. The highest BCUT2D eigenvalue weighted by molar-refractivity contribution is 5.96. The van der Waals surface area contributed by atoms with Gasteiger partial charge in [0.25, 0.3) is 0 Å². The van der Waals surface area contributed by atoms with Crippen LogP contribution in [-0.4, -0.2) is 10.1 Å². The van der Waals surface area contributed by atoms with Gasteiger partial charge in [0.2, 0.25) is 11.5 Å². The molecular weight excluding hydrogens is 190 g/mol. The van der Waals surface area contributed by atoms with Gasteiger partial charge in [-0.05, 0) is 18.6 Å². The van der Waals surface area contributed by atoms with Gasteiger partial charge in [-0.3, -0.25) is 0 Å². The number of benzene rings is 1. The van der Waals surface area contributed by atoms with Crippen molar-refractivity contribution in [1.29, 1.82) is 0 Å². The topological polar surface area (TPSA) is 64.9 Å². The van der Waals surface area contributed by atoms with Crippen LogP contribution < -0.4 is 5.73 Å². The van der Waals surface area contributed by atoms with E-state index in [1.807, 2.05) is 31.2 Å². The predicted molar refractivity (Wildman–Crippen MR) is 58.5 cm³/mol. The number of nitrogens with zero attached hydrogens (tertiary/aromatic N) is 2. The molecule has 0 amide bonds. The molecule has 2 heterocycles. The molecule has 0 spiro atoms. The monoisotopic (exact) mass is 199 g/mol. The van der Waals surface area contributed by atoms with Crippen LogP contribution in [0.5, 0.6) is 0 Å². The molecule has 0 aliphatic heterocycles. The zero-order chi connectivity index (χ0) is 10.4. The first-order chi connectivity index (χ1) is 7.25. The van der Waals surface area contributed by atoms with Gasteiger partial charge in [-0.25, -0.2) is 4.98 Å². The fourth-order valence-corrected chi connectivity index (χ4v) is 1.73. The zero-order valence-corrected chi connectivity index (χ0v) is 8.19. The van der Waals surface area contributed by atoms with Crippen LogP contribution in [0.15, 0.2) is 28.8 Å². The van der Waals surface area contributed by atoms with E-state index in [1.54, 1.807) is 0 Å². The molecule has 3 aromatic rings. The summed E-state index contributed by atoms with van der Waals surface area (Å²) in [5.41, 5.74) is 8.26. The molecule has 0 aliphatic rings. The van der Waals surface area contributed by atoms with Crippen molar-refractivity contribution in [2.75, 3.05) is 5.73 Å². The van der Waals surface area contributed by atoms with Crippen molar-refractivity contribution >= 4 is 27.8 Å². The Morgan fingerprint density at radius 1 is 1.33 bits per heavy atom. The molecule has 0 saturated carbocycles. The molecule has 4 nitrogen and oxygen atoms in total. The van der Waals surface area contributed by atoms with E-state index in [0.29, 0.717) is 11.5 Å². The number of rotatable bonds is 0. The number of para-hydroxylation sites is 1. The molecule has 2 aromatic heterocycles. The van der Waals surface area contributed by atoms with E-state index in [1.165, 1.54) is 0 Å². The van der Waals surface area contributed by atoms with Gasteiger partial charge >= 0.3 is 0 Å². The Hall–Kier alpha value is -2.10. The summed E-state index contributed by atoms with van der Waals surface area (Å²) in [5, 5.41) is 5.62. The third kappa shape index (κ3) is 1.08. The maximum Gasteiger partial charge on any atom is 0.231 e. The van der Waals surface area contributed by atoms with Crippen molar-refractivity contribution in [1.82, 2.24) is 10.1 Å². The highest BCUT2D eigenvalue weighted by Crippen LogP contribution is 2.24. The standard InChI is InChI=1S/C11H9N3O/c1-6-3-2-4-7-5-8-10(12)15-14-11(8)13-9(6)7/h2-5H,12H2,1H3. The first-order valence-electron chi connectivity index (χ1n) is 4.67. The molecule has 0 fully saturated rings. The SMILES string of the molecule is Cc1cccc2cc3c(N)onc3nc12. The summed E-state index contributed by atoms with van der Waals surface area (Å²) in [7, 11) is 0. The first-order valence-corrected chi connectivity index (χ1v) is 4.67. The van der Waals surface area contributed by atoms with Crippen LogP contribution in [0.4, 0.5) is 5.88 Å². The fourth-order valence-electron chi connectivity index (χ4n) is 1.73. The summed E-state index contributed by atoms with van der Waals surface area (Å²) in [6.45, 7) is 2.02. The smallest absolute Gasteiger partial charge is 0.231 e. The Kier molecular flexibility index (Phi) is 1.48. The molecule has 2 N–H and O–H groups in total. The maximum atomic E-state index is 5.64. The summed E-state index contributed by atoms with van der Waals surface area (Å²) in [6.07, 6.45) is 0. The van der Waals surface area contributed by atoms with Crippen LogP contribution in [0.1, 0.15) is 5.56 Å². The summed E-state index contributed by atoms with van der Waals surface area (Å²) in [6, 6.07) is 7.97. The van der Waals surface area contributed by atoms with E-state index in [0.717, 1.165) is 21.9 Å². The van der Waals surface area contributed by atoms with Crippen LogP contribution in [0.25, 0.3) is 21.9 Å². The van der Waals surface area contributed by atoms with Gasteiger partial charge in [0, 0.05) is 5.39 Å². The number of aryl methyl sites for hydroxylation is 1. The van der Waals surface area contributed by atoms with Gasteiger partial charge in [-0.2, -0.15) is 0 Å². The van der Waals surface area contributed by atoms with Crippen molar-refractivity contribution in [3.8, 4) is 0 Å². The average Bonchev–Trinajstić information content (AvgIpc) is 2.59. The second kappa shape index (κ2) is 2.70. The van der Waals surface area contributed by atoms with Crippen LogP contribution in [0, 0.1) is 6.92 Å². The van der Waals surface area contributed by atoms with Crippen LogP contribution in [-0.2, 0) is 0 Å². The largest absolute Gasteiger partial charge is 0.367 e. The van der Waals surface area contributed by atoms with E-state index >= 15 is 0 Å². The minimum atomic E-state index is 0.320. The van der Waals surface area contributed by atoms with Crippen LogP contribution >= 0.6 is 0 Å². The lowest BCUT2D eigenvalue weighted by molar-refractivity contribution is 0.443. The molecule has 3 rings (SSSR count). The van der Waals surface area contributed by atoms with E-state index in [9.17, 15) is 0 Å². The molecule has 74 valence electrons. The molecule has 15 heavy (non-hydrogen) atoms. The van der Waals surface area contributed by atoms with Crippen molar-refractivity contribution in [3.05, 3.63) is 29.8 Å². The van der Waals surface area contributed by atoms with E-state index in [2.05, 4.69) is 10.1 Å². The molecule has 1 aromatic carbocycles. The third-order valence-electron chi connectivity index (χ3n) is 2.52. The molecule has 0 bridgehead atoms. The Bertz CT molecular complexity index is 657. The number of hydrogen-bond donors (Lipinski definition) is 1. The lowest BCUT2D eigenvalue weighted by Gasteiger charge is -1.99. The highest BCUT2D eigenvalue weighted by Gasteiger charge is 2.08. The maximum absolute atomic E-state index is 5.64. The Labute approximate surface area is 85.7 Å². The van der Waals surface area contributed by atoms with Gasteiger partial charge in [0.05, 0.1) is 10.9 Å². The Morgan fingerprint density at radius 3 is 3.07 bits per heavy atom. The van der Waals surface area contributed by atoms with Crippen LogP contribution in [0.2, 0.25) is 0 Å². The van der Waals surface area contributed by atoms with Crippen molar-refractivity contribution in [2.24, 2.45) is 0 Å². The fraction of sp³-hybridized carbons (Fsp3) is 0.0909. The predicted octanol–water partition coefficient (Wildman–Crippen LogP) is 2.27. The Balaban J connectivity index is 2.55. The summed E-state index contributed by atoms with van der Waals surface area (Å²) < 4.78 is 4.89. The van der Waals surface area contributed by atoms with Crippen molar-refractivity contribution < 1.29 is 4.52 Å². The van der Waals surface area contributed by atoms with Gasteiger partial charge in [0.1, 0.15) is 0 Å². The lowest BCUT2D eigenvalue weighted by Crippen LogP contribution is -1.85. The molecule has 0 atom stereocenters. The average molecular weight is 199 g/mol.